The number of hydrogen-bond donors (Lipinski definition) is 0. The largest absolute Gasteiger partial charge is 0.464 e. The van der Waals surface area contributed by atoms with E-state index < -0.39 is 0 Å². The maximum Gasteiger partial charge on any atom is 0.199 e. The van der Waals surface area contributed by atoms with Crippen molar-refractivity contribution in [1.82, 2.24) is 0 Å². The van der Waals surface area contributed by atoms with E-state index in [-0.39, 0.29) is 12.6 Å². The van der Waals surface area contributed by atoms with Gasteiger partial charge in [-0.25, -0.2) is 0 Å². The number of aryl methyl sites for hydroxylation is 1. The SMILES string of the molecule is COC(C)OC(C)Oc1ccsc1C. The van der Waals surface area contributed by atoms with Gasteiger partial charge in [-0.3, -0.25) is 0 Å². The zero-order chi connectivity index (χ0) is 10.6. The zero-order valence-electron chi connectivity index (χ0n) is 8.94. The Bertz CT molecular complexity index is 272. The highest BCUT2D eigenvalue weighted by atomic mass is 32.1. The Labute approximate surface area is 88.6 Å². The first-order valence-corrected chi connectivity index (χ1v) is 5.40. The third kappa shape index (κ3) is 3.29. The highest BCUT2D eigenvalue weighted by molar-refractivity contribution is 7.10. The van der Waals surface area contributed by atoms with Crippen molar-refractivity contribution >= 4 is 11.3 Å². The van der Waals surface area contributed by atoms with E-state index in [0.717, 1.165) is 10.6 Å². The van der Waals surface area contributed by atoms with E-state index in [0.29, 0.717) is 0 Å². The Hall–Kier alpha value is -0.580. The minimum atomic E-state index is -0.293. The number of methoxy groups -OCH3 is 1. The van der Waals surface area contributed by atoms with Gasteiger partial charge < -0.3 is 14.2 Å². The molecule has 0 radical (unpaired) electrons. The second kappa shape index (κ2) is 5.34. The van der Waals surface area contributed by atoms with Gasteiger partial charge in [-0.15, -0.1) is 11.3 Å². The maximum atomic E-state index is 5.57. The lowest BCUT2D eigenvalue weighted by Crippen LogP contribution is -2.23. The predicted molar refractivity (Wildman–Crippen MR) is 56.7 cm³/mol. The van der Waals surface area contributed by atoms with Crippen molar-refractivity contribution in [2.45, 2.75) is 33.4 Å². The van der Waals surface area contributed by atoms with Crippen LogP contribution in [-0.4, -0.2) is 19.7 Å². The Morgan fingerprint density at radius 2 is 2.00 bits per heavy atom. The van der Waals surface area contributed by atoms with E-state index in [2.05, 4.69) is 0 Å². The van der Waals surface area contributed by atoms with Gasteiger partial charge in [-0.05, 0) is 32.2 Å². The van der Waals surface area contributed by atoms with Crippen LogP contribution in [0.15, 0.2) is 11.4 Å². The highest BCUT2D eigenvalue weighted by Crippen LogP contribution is 2.24. The van der Waals surface area contributed by atoms with E-state index in [1.54, 1.807) is 18.4 Å². The van der Waals surface area contributed by atoms with Crippen LogP contribution in [0, 0.1) is 6.92 Å². The summed E-state index contributed by atoms with van der Waals surface area (Å²) in [5.41, 5.74) is 0. The Morgan fingerprint density at radius 3 is 2.50 bits per heavy atom. The number of ether oxygens (including phenoxy) is 3. The average Bonchev–Trinajstić information content (AvgIpc) is 2.51. The zero-order valence-corrected chi connectivity index (χ0v) is 9.76. The van der Waals surface area contributed by atoms with E-state index in [1.807, 2.05) is 32.2 Å². The molecule has 80 valence electrons. The van der Waals surface area contributed by atoms with E-state index in [1.165, 1.54) is 0 Å². The number of thiophene rings is 1. The molecule has 0 amide bonds. The van der Waals surface area contributed by atoms with E-state index in [9.17, 15) is 0 Å². The molecule has 14 heavy (non-hydrogen) atoms. The Kier molecular flexibility index (Phi) is 4.38. The minimum absolute atomic E-state index is 0.246. The van der Waals surface area contributed by atoms with Gasteiger partial charge in [0.05, 0.1) is 0 Å². The van der Waals surface area contributed by atoms with Crippen molar-refractivity contribution in [1.29, 1.82) is 0 Å². The van der Waals surface area contributed by atoms with Crippen LogP contribution < -0.4 is 4.74 Å². The monoisotopic (exact) mass is 216 g/mol. The third-order valence-electron chi connectivity index (χ3n) is 1.82. The fraction of sp³-hybridized carbons (Fsp3) is 0.600. The van der Waals surface area contributed by atoms with Crippen LogP contribution in [0.3, 0.4) is 0 Å². The molecule has 0 aromatic carbocycles. The maximum absolute atomic E-state index is 5.57. The lowest BCUT2D eigenvalue weighted by Gasteiger charge is -2.18. The molecule has 1 heterocycles. The van der Waals surface area contributed by atoms with Gasteiger partial charge >= 0.3 is 0 Å². The molecule has 2 unspecified atom stereocenters. The van der Waals surface area contributed by atoms with Gasteiger partial charge in [-0.1, -0.05) is 0 Å². The topological polar surface area (TPSA) is 27.7 Å². The van der Waals surface area contributed by atoms with E-state index >= 15 is 0 Å². The Balaban J connectivity index is 2.41. The van der Waals surface area contributed by atoms with Gasteiger partial charge in [-0.2, -0.15) is 0 Å². The summed E-state index contributed by atoms with van der Waals surface area (Å²) in [4.78, 5) is 1.16. The lowest BCUT2D eigenvalue weighted by molar-refractivity contribution is -0.193. The van der Waals surface area contributed by atoms with E-state index in [4.69, 9.17) is 14.2 Å². The number of rotatable bonds is 5. The molecule has 1 aromatic heterocycles. The van der Waals surface area contributed by atoms with Gasteiger partial charge in [0.1, 0.15) is 5.75 Å². The normalized spacial score (nSPS) is 15.1. The summed E-state index contributed by atoms with van der Waals surface area (Å²) < 4.78 is 15.9. The first kappa shape index (κ1) is 11.5. The molecule has 0 aliphatic rings. The molecule has 1 aromatic rings. The summed E-state index contributed by atoms with van der Waals surface area (Å²) >= 11 is 1.66. The molecule has 1 rings (SSSR count). The van der Waals surface area contributed by atoms with Gasteiger partial charge in [0.2, 0.25) is 0 Å². The molecule has 0 aliphatic carbocycles. The predicted octanol–water partition coefficient (Wildman–Crippen LogP) is 2.79. The molecular formula is C10H16O3S. The molecule has 2 atom stereocenters. The van der Waals surface area contributed by atoms with Crippen molar-refractivity contribution in [3.8, 4) is 5.75 Å². The summed E-state index contributed by atoms with van der Waals surface area (Å²) in [5.74, 6) is 0.880. The standard InChI is InChI=1S/C10H16O3S/c1-7-10(5-6-14-7)13-9(3)12-8(2)11-4/h5-6,8-9H,1-4H3. The van der Waals surface area contributed by atoms with Crippen LogP contribution in [0.1, 0.15) is 18.7 Å². The summed E-state index contributed by atoms with van der Waals surface area (Å²) in [6, 6.07) is 1.94. The van der Waals surface area contributed by atoms with Gasteiger partial charge in [0.15, 0.2) is 12.6 Å². The summed E-state index contributed by atoms with van der Waals surface area (Å²) in [6.45, 7) is 5.71. The van der Waals surface area contributed by atoms with Crippen molar-refractivity contribution in [2.24, 2.45) is 0 Å². The first-order chi connectivity index (χ1) is 6.63. The second-order valence-corrected chi connectivity index (χ2v) is 4.09. The highest BCUT2D eigenvalue weighted by Gasteiger charge is 2.10. The molecule has 0 aliphatic heterocycles. The molecule has 4 heteroatoms. The van der Waals surface area contributed by atoms with Crippen molar-refractivity contribution < 1.29 is 14.2 Å². The summed E-state index contributed by atoms with van der Waals surface area (Å²) in [7, 11) is 1.60. The molecule has 0 bridgehead atoms. The summed E-state index contributed by atoms with van der Waals surface area (Å²) in [6.07, 6.45) is -0.540. The summed E-state index contributed by atoms with van der Waals surface area (Å²) in [5, 5.41) is 2.00. The molecule has 0 saturated heterocycles. The van der Waals surface area contributed by atoms with Crippen LogP contribution in [0.4, 0.5) is 0 Å². The van der Waals surface area contributed by atoms with Crippen LogP contribution in [0.5, 0.6) is 5.75 Å². The first-order valence-electron chi connectivity index (χ1n) is 4.52. The molecular weight excluding hydrogens is 200 g/mol. The minimum Gasteiger partial charge on any atom is -0.464 e. The lowest BCUT2D eigenvalue weighted by atomic mass is 10.4. The quantitative estimate of drug-likeness (QED) is 0.708. The smallest absolute Gasteiger partial charge is 0.199 e. The van der Waals surface area contributed by atoms with Crippen molar-refractivity contribution in [2.75, 3.05) is 7.11 Å². The number of hydrogen-bond acceptors (Lipinski definition) is 4. The van der Waals surface area contributed by atoms with Crippen LogP contribution >= 0.6 is 11.3 Å². The molecule has 0 saturated carbocycles. The molecule has 3 nitrogen and oxygen atoms in total. The Morgan fingerprint density at radius 1 is 1.29 bits per heavy atom. The molecule has 0 N–H and O–H groups in total. The van der Waals surface area contributed by atoms with Crippen LogP contribution in [0.25, 0.3) is 0 Å². The van der Waals surface area contributed by atoms with Crippen molar-refractivity contribution in [3.05, 3.63) is 16.3 Å². The fourth-order valence-corrected chi connectivity index (χ4v) is 1.66. The van der Waals surface area contributed by atoms with Gasteiger partial charge in [0, 0.05) is 12.0 Å². The van der Waals surface area contributed by atoms with Gasteiger partial charge in [0.25, 0.3) is 0 Å². The van der Waals surface area contributed by atoms with Crippen LogP contribution in [0.2, 0.25) is 0 Å². The molecule has 0 spiro atoms. The van der Waals surface area contributed by atoms with Crippen molar-refractivity contribution in [3.63, 3.8) is 0 Å². The third-order valence-corrected chi connectivity index (χ3v) is 2.65. The average molecular weight is 216 g/mol. The molecule has 0 fully saturated rings. The fourth-order valence-electron chi connectivity index (χ4n) is 1.03. The van der Waals surface area contributed by atoms with Crippen LogP contribution in [-0.2, 0) is 9.47 Å². The second-order valence-electron chi connectivity index (χ2n) is 2.97.